The quantitative estimate of drug-likeness (QED) is 0.276. The van der Waals surface area contributed by atoms with Crippen LogP contribution in [0.25, 0.3) is 11.1 Å². The summed E-state index contributed by atoms with van der Waals surface area (Å²) in [4.78, 5) is 40.8. The maximum absolute atomic E-state index is 13.6. The highest BCUT2D eigenvalue weighted by Gasteiger charge is 2.30. The SMILES string of the molecule is CSCCC(NC(=O)c1ccc(COC(CC2CCCCC2)C(=O)N2CCCCC2)cc1-c1ccccc1C)C(=O)O. The van der Waals surface area contributed by atoms with Gasteiger partial charge in [0, 0.05) is 18.7 Å². The average Bonchev–Trinajstić information content (AvgIpc) is 3.01. The Morgan fingerprint density at radius 1 is 1.00 bits per heavy atom. The first-order valence-electron chi connectivity index (χ1n) is 15.5. The zero-order valence-corrected chi connectivity index (χ0v) is 25.9. The van der Waals surface area contributed by atoms with Crippen molar-refractivity contribution in [2.24, 2.45) is 5.92 Å². The highest BCUT2D eigenvalue weighted by atomic mass is 32.2. The fourth-order valence-electron chi connectivity index (χ4n) is 6.19. The van der Waals surface area contributed by atoms with Crippen molar-refractivity contribution in [3.8, 4) is 11.1 Å². The first-order chi connectivity index (χ1) is 20.4. The number of ether oxygens (including phenoxy) is 1. The lowest BCUT2D eigenvalue weighted by atomic mass is 9.85. The molecule has 2 aromatic carbocycles. The van der Waals surface area contributed by atoms with Crippen LogP contribution < -0.4 is 5.32 Å². The van der Waals surface area contributed by atoms with Crippen molar-refractivity contribution < 1.29 is 24.2 Å². The molecular weight excluding hydrogens is 548 g/mol. The smallest absolute Gasteiger partial charge is 0.326 e. The second kappa shape index (κ2) is 16.1. The third-order valence-corrected chi connectivity index (χ3v) is 9.29. The molecule has 2 unspecified atom stereocenters. The van der Waals surface area contributed by atoms with Gasteiger partial charge in [-0.15, -0.1) is 0 Å². The Morgan fingerprint density at radius 2 is 1.71 bits per heavy atom. The minimum absolute atomic E-state index is 0.111. The molecule has 8 heteroatoms. The fourth-order valence-corrected chi connectivity index (χ4v) is 6.66. The summed E-state index contributed by atoms with van der Waals surface area (Å²) < 4.78 is 6.44. The van der Waals surface area contributed by atoms with E-state index in [9.17, 15) is 19.5 Å². The standard InChI is InChI=1S/C34H46N2O5S/c1-24-11-7-8-14-27(24)29-21-26(15-16-28(29)32(37)35-30(34(39)40)17-20-42-2)23-41-31(22-25-12-5-3-6-13-25)33(38)36-18-9-4-10-19-36/h7-8,11,14-16,21,25,30-31H,3-6,9-10,12-13,17-20,22-23H2,1-2H3,(H,35,37)(H,39,40). The van der Waals surface area contributed by atoms with Crippen LogP contribution in [0, 0.1) is 12.8 Å². The molecule has 1 aliphatic heterocycles. The van der Waals surface area contributed by atoms with Crippen molar-refractivity contribution in [1.29, 1.82) is 0 Å². The Morgan fingerprint density at radius 3 is 2.40 bits per heavy atom. The van der Waals surface area contributed by atoms with Crippen molar-refractivity contribution >= 4 is 29.5 Å². The molecule has 0 bridgehead atoms. The fraction of sp³-hybridized carbons (Fsp3) is 0.559. The first-order valence-corrected chi connectivity index (χ1v) is 16.9. The highest BCUT2D eigenvalue weighted by molar-refractivity contribution is 7.98. The number of aryl methyl sites for hydroxylation is 1. The van der Waals surface area contributed by atoms with Crippen LogP contribution in [0.15, 0.2) is 42.5 Å². The molecule has 7 nitrogen and oxygen atoms in total. The number of carbonyl (C=O) groups is 3. The van der Waals surface area contributed by atoms with Gasteiger partial charge in [0.2, 0.25) is 0 Å². The van der Waals surface area contributed by atoms with Crippen LogP contribution in [0.3, 0.4) is 0 Å². The van der Waals surface area contributed by atoms with Gasteiger partial charge in [0.1, 0.15) is 12.1 Å². The maximum atomic E-state index is 13.6. The summed E-state index contributed by atoms with van der Waals surface area (Å²) >= 11 is 1.55. The van der Waals surface area contributed by atoms with E-state index in [1.807, 2.05) is 54.5 Å². The van der Waals surface area contributed by atoms with Crippen LogP contribution in [0.1, 0.15) is 85.7 Å². The van der Waals surface area contributed by atoms with Crippen molar-refractivity contribution in [2.45, 2.75) is 89.9 Å². The van der Waals surface area contributed by atoms with E-state index in [0.717, 1.165) is 67.4 Å². The maximum Gasteiger partial charge on any atom is 0.326 e. The number of hydrogen-bond acceptors (Lipinski definition) is 5. The van der Waals surface area contributed by atoms with Crippen molar-refractivity contribution in [1.82, 2.24) is 10.2 Å². The molecule has 0 spiro atoms. The number of amides is 2. The van der Waals surface area contributed by atoms with Gasteiger partial charge in [0.15, 0.2) is 0 Å². The molecule has 4 rings (SSSR count). The molecule has 2 fully saturated rings. The van der Waals surface area contributed by atoms with E-state index in [2.05, 4.69) is 5.32 Å². The van der Waals surface area contributed by atoms with Crippen LogP contribution in [0.2, 0.25) is 0 Å². The molecule has 2 N–H and O–H groups in total. The zero-order valence-electron chi connectivity index (χ0n) is 25.1. The number of carboxylic acids is 1. The lowest BCUT2D eigenvalue weighted by Crippen LogP contribution is -2.44. The Balaban J connectivity index is 1.57. The number of rotatable bonds is 13. The van der Waals surface area contributed by atoms with Crippen molar-refractivity contribution in [3.05, 3.63) is 59.2 Å². The summed E-state index contributed by atoms with van der Waals surface area (Å²) in [5.41, 5.74) is 3.95. The minimum Gasteiger partial charge on any atom is -0.480 e. The lowest BCUT2D eigenvalue weighted by molar-refractivity contribution is -0.147. The summed E-state index contributed by atoms with van der Waals surface area (Å²) in [6.07, 6.45) is 11.8. The van der Waals surface area contributed by atoms with Gasteiger partial charge in [0.05, 0.1) is 6.61 Å². The zero-order chi connectivity index (χ0) is 29.9. The van der Waals surface area contributed by atoms with Crippen LogP contribution in [-0.4, -0.2) is 65.0 Å². The molecule has 228 valence electrons. The van der Waals surface area contributed by atoms with E-state index >= 15 is 0 Å². The van der Waals surface area contributed by atoms with Gasteiger partial charge in [-0.3, -0.25) is 9.59 Å². The predicted molar refractivity (Wildman–Crippen MR) is 169 cm³/mol. The van der Waals surface area contributed by atoms with Crippen molar-refractivity contribution in [3.63, 3.8) is 0 Å². The van der Waals surface area contributed by atoms with Crippen LogP contribution in [0.4, 0.5) is 0 Å². The lowest BCUT2D eigenvalue weighted by Gasteiger charge is -2.32. The number of carbonyl (C=O) groups excluding carboxylic acids is 2. The van der Waals surface area contributed by atoms with Gasteiger partial charge in [-0.05, 0) is 91.3 Å². The number of aliphatic carboxylic acids is 1. The molecule has 2 aromatic rings. The van der Waals surface area contributed by atoms with E-state index in [-0.39, 0.29) is 12.5 Å². The van der Waals surface area contributed by atoms with E-state index in [1.165, 1.54) is 25.7 Å². The molecule has 42 heavy (non-hydrogen) atoms. The summed E-state index contributed by atoms with van der Waals surface area (Å²) in [7, 11) is 0. The van der Waals surface area contributed by atoms with Gasteiger partial charge in [0.25, 0.3) is 11.8 Å². The van der Waals surface area contributed by atoms with E-state index in [4.69, 9.17) is 4.74 Å². The number of benzene rings is 2. The second-order valence-electron chi connectivity index (χ2n) is 11.8. The van der Waals surface area contributed by atoms with Gasteiger partial charge >= 0.3 is 5.97 Å². The Hall–Kier alpha value is -2.84. The number of nitrogens with one attached hydrogen (secondary N) is 1. The number of hydrogen-bond donors (Lipinski definition) is 2. The third kappa shape index (κ3) is 8.83. The molecule has 0 aromatic heterocycles. The van der Waals surface area contributed by atoms with Crippen LogP contribution in [0.5, 0.6) is 0 Å². The highest BCUT2D eigenvalue weighted by Crippen LogP contribution is 2.31. The molecule has 1 heterocycles. The molecule has 0 radical (unpaired) electrons. The normalized spacial score (nSPS) is 17.4. The Bertz CT molecular complexity index is 1210. The number of likely N-dealkylation sites (tertiary alicyclic amines) is 1. The molecule has 2 aliphatic rings. The predicted octanol–water partition coefficient (Wildman–Crippen LogP) is 6.47. The van der Waals surface area contributed by atoms with Gasteiger partial charge in [-0.1, -0.05) is 62.4 Å². The molecule has 1 saturated carbocycles. The van der Waals surface area contributed by atoms with E-state index in [1.54, 1.807) is 17.8 Å². The summed E-state index contributed by atoms with van der Waals surface area (Å²) in [5, 5.41) is 12.4. The summed E-state index contributed by atoms with van der Waals surface area (Å²) in [5.74, 6) is -0.192. The van der Waals surface area contributed by atoms with Crippen LogP contribution in [-0.2, 0) is 20.9 Å². The van der Waals surface area contributed by atoms with Gasteiger partial charge in [-0.2, -0.15) is 11.8 Å². The molecule has 1 aliphatic carbocycles. The molecule has 2 atom stereocenters. The average molecular weight is 595 g/mol. The molecule has 1 saturated heterocycles. The minimum atomic E-state index is -1.04. The topological polar surface area (TPSA) is 95.9 Å². The Labute approximate surface area is 254 Å². The Kier molecular flexibility index (Phi) is 12.3. The number of carboxylic acid groups (broad SMARTS) is 1. The largest absolute Gasteiger partial charge is 0.480 e. The number of thioether (sulfide) groups is 1. The third-order valence-electron chi connectivity index (χ3n) is 8.64. The van der Waals surface area contributed by atoms with Gasteiger partial charge in [-0.25, -0.2) is 4.79 Å². The number of nitrogens with zero attached hydrogens (tertiary/aromatic N) is 1. The summed E-state index contributed by atoms with van der Waals surface area (Å²) in [6, 6.07) is 12.5. The monoisotopic (exact) mass is 594 g/mol. The van der Waals surface area contributed by atoms with Crippen molar-refractivity contribution in [2.75, 3.05) is 25.1 Å². The first kappa shape index (κ1) is 32.1. The van der Waals surface area contributed by atoms with E-state index in [0.29, 0.717) is 23.7 Å². The summed E-state index contributed by atoms with van der Waals surface area (Å²) in [6.45, 7) is 3.87. The van der Waals surface area contributed by atoms with Gasteiger partial charge < -0.3 is 20.1 Å². The molecule has 2 amide bonds. The molecular formula is C34H46N2O5S. The van der Waals surface area contributed by atoms with Crippen LogP contribution >= 0.6 is 11.8 Å². The number of piperidine rings is 1. The second-order valence-corrected chi connectivity index (χ2v) is 12.8. The van der Waals surface area contributed by atoms with E-state index < -0.39 is 24.0 Å².